The SMILES string of the molecule is Cc1cccc2cc(C(O)C3(O)CCC(C)CC3)oc12. The molecular formula is C17H22O3. The molecule has 1 aliphatic rings. The third-order valence-electron chi connectivity index (χ3n) is 4.68. The van der Waals surface area contributed by atoms with Gasteiger partial charge in [-0.2, -0.15) is 0 Å². The smallest absolute Gasteiger partial charge is 0.140 e. The van der Waals surface area contributed by atoms with Crippen LogP contribution in [0, 0.1) is 12.8 Å². The number of hydrogen-bond acceptors (Lipinski definition) is 3. The van der Waals surface area contributed by atoms with E-state index in [2.05, 4.69) is 6.92 Å². The molecule has 0 bridgehead atoms. The molecule has 2 N–H and O–H groups in total. The van der Waals surface area contributed by atoms with Crippen LogP contribution in [0.1, 0.15) is 50.0 Å². The predicted molar refractivity (Wildman–Crippen MR) is 78.5 cm³/mol. The number of hydrogen-bond donors (Lipinski definition) is 2. The first-order chi connectivity index (χ1) is 9.49. The maximum absolute atomic E-state index is 10.7. The second kappa shape index (κ2) is 4.90. The molecule has 1 aliphatic carbocycles. The molecule has 108 valence electrons. The summed E-state index contributed by atoms with van der Waals surface area (Å²) in [5.74, 6) is 1.10. The Morgan fingerprint density at radius 1 is 1.30 bits per heavy atom. The van der Waals surface area contributed by atoms with Crippen molar-refractivity contribution in [1.82, 2.24) is 0 Å². The normalized spacial score (nSPS) is 28.7. The van der Waals surface area contributed by atoms with Crippen LogP contribution < -0.4 is 0 Å². The highest BCUT2D eigenvalue weighted by Gasteiger charge is 2.41. The van der Waals surface area contributed by atoms with Gasteiger partial charge >= 0.3 is 0 Å². The molecule has 0 radical (unpaired) electrons. The van der Waals surface area contributed by atoms with E-state index in [4.69, 9.17) is 4.42 Å². The number of rotatable bonds is 2. The minimum atomic E-state index is -1.05. The number of para-hydroxylation sites is 1. The van der Waals surface area contributed by atoms with Crippen LogP contribution in [-0.2, 0) is 0 Å². The summed E-state index contributed by atoms with van der Waals surface area (Å²) in [4.78, 5) is 0. The Balaban J connectivity index is 1.92. The van der Waals surface area contributed by atoms with Crippen LogP contribution in [0.25, 0.3) is 11.0 Å². The molecule has 1 aromatic heterocycles. The molecule has 0 amide bonds. The molecular weight excluding hydrogens is 252 g/mol. The lowest BCUT2D eigenvalue weighted by atomic mass is 9.76. The van der Waals surface area contributed by atoms with Gasteiger partial charge in [0.05, 0.1) is 5.60 Å². The van der Waals surface area contributed by atoms with Gasteiger partial charge in [-0.3, -0.25) is 0 Å². The van der Waals surface area contributed by atoms with Gasteiger partial charge < -0.3 is 14.6 Å². The van der Waals surface area contributed by atoms with Gasteiger partial charge in [-0.15, -0.1) is 0 Å². The predicted octanol–water partition coefficient (Wildman–Crippen LogP) is 3.72. The number of aliphatic hydroxyl groups excluding tert-OH is 1. The Kier molecular flexibility index (Phi) is 3.35. The fraction of sp³-hybridized carbons (Fsp3) is 0.529. The van der Waals surface area contributed by atoms with Crippen molar-refractivity contribution in [3.05, 3.63) is 35.6 Å². The van der Waals surface area contributed by atoms with E-state index >= 15 is 0 Å². The van der Waals surface area contributed by atoms with Gasteiger partial charge in [0, 0.05) is 5.39 Å². The first-order valence-corrected chi connectivity index (χ1v) is 7.39. The van der Waals surface area contributed by atoms with E-state index in [-0.39, 0.29) is 0 Å². The summed E-state index contributed by atoms with van der Waals surface area (Å²) in [6.07, 6.45) is 2.22. The van der Waals surface area contributed by atoms with Gasteiger partial charge in [-0.1, -0.05) is 25.1 Å². The molecule has 2 aromatic rings. The van der Waals surface area contributed by atoms with Crippen molar-refractivity contribution in [2.24, 2.45) is 5.92 Å². The van der Waals surface area contributed by atoms with E-state index in [0.29, 0.717) is 24.5 Å². The van der Waals surface area contributed by atoms with Crippen molar-refractivity contribution < 1.29 is 14.6 Å². The first kappa shape index (κ1) is 13.7. The molecule has 1 heterocycles. The standard InChI is InChI=1S/C17H22O3/c1-11-6-8-17(19,9-7-11)16(18)14-10-13-5-3-4-12(2)15(13)20-14/h3-5,10-11,16,18-19H,6-9H2,1-2H3. The Morgan fingerprint density at radius 3 is 2.65 bits per heavy atom. The maximum atomic E-state index is 10.7. The summed E-state index contributed by atoms with van der Waals surface area (Å²) in [5, 5.41) is 22.2. The summed E-state index contributed by atoms with van der Waals surface area (Å²) >= 11 is 0. The van der Waals surface area contributed by atoms with Crippen LogP contribution >= 0.6 is 0 Å². The van der Waals surface area contributed by atoms with E-state index in [1.54, 1.807) is 0 Å². The molecule has 1 atom stereocenters. The summed E-state index contributed by atoms with van der Waals surface area (Å²) in [5.41, 5.74) is 0.799. The fourth-order valence-electron chi connectivity index (χ4n) is 3.16. The van der Waals surface area contributed by atoms with Crippen LogP contribution in [-0.4, -0.2) is 15.8 Å². The van der Waals surface area contributed by atoms with E-state index in [0.717, 1.165) is 29.4 Å². The summed E-state index contributed by atoms with van der Waals surface area (Å²) < 4.78 is 5.80. The van der Waals surface area contributed by atoms with Gasteiger partial charge in [-0.25, -0.2) is 0 Å². The monoisotopic (exact) mass is 274 g/mol. The third-order valence-corrected chi connectivity index (χ3v) is 4.68. The minimum Gasteiger partial charge on any atom is -0.458 e. The number of furan rings is 1. The topological polar surface area (TPSA) is 53.6 Å². The van der Waals surface area contributed by atoms with Crippen molar-refractivity contribution in [3.8, 4) is 0 Å². The van der Waals surface area contributed by atoms with Gasteiger partial charge in [0.25, 0.3) is 0 Å². The van der Waals surface area contributed by atoms with Gasteiger partial charge in [0.1, 0.15) is 17.4 Å². The highest BCUT2D eigenvalue weighted by atomic mass is 16.4. The highest BCUT2D eigenvalue weighted by molar-refractivity contribution is 5.81. The van der Waals surface area contributed by atoms with Crippen molar-refractivity contribution in [1.29, 1.82) is 0 Å². The molecule has 1 fully saturated rings. The zero-order valence-corrected chi connectivity index (χ0v) is 12.1. The summed E-state index contributed by atoms with van der Waals surface area (Å²) in [7, 11) is 0. The largest absolute Gasteiger partial charge is 0.458 e. The van der Waals surface area contributed by atoms with Gasteiger partial charge in [0.2, 0.25) is 0 Å². The molecule has 3 nitrogen and oxygen atoms in total. The quantitative estimate of drug-likeness (QED) is 0.877. The molecule has 0 spiro atoms. The second-order valence-corrected chi connectivity index (χ2v) is 6.33. The Bertz CT molecular complexity index is 606. The fourth-order valence-corrected chi connectivity index (χ4v) is 3.16. The highest BCUT2D eigenvalue weighted by Crippen LogP contribution is 2.41. The molecule has 3 rings (SSSR count). The Hall–Kier alpha value is -1.32. The van der Waals surface area contributed by atoms with Gasteiger partial charge in [0.15, 0.2) is 0 Å². The van der Waals surface area contributed by atoms with Crippen LogP contribution in [0.15, 0.2) is 28.7 Å². The van der Waals surface area contributed by atoms with E-state index in [1.165, 1.54) is 0 Å². The first-order valence-electron chi connectivity index (χ1n) is 7.39. The molecule has 1 aromatic carbocycles. The van der Waals surface area contributed by atoms with Crippen LogP contribution in [0.3, 0.4) is 0 Å². The zero-order valence-electron chi connectivity index (χ0n) is 12.1. The second-order valence-electron chi connectivity index (χ2n) is 6.33. The summed E-state index contributed by atoms with van der Waals surface area (Å²) in [6, 6.07) is 7.78. The van der Waals surface area contributed by atoms with E-state index in [9.17, 15) is 10.2 Å². The Labute approximate surface area is 119 Å². The van der Waals surface area contributed by atoms with E-state index < -0.39 is 11.7 Å². The van der Waals surface area contributed by atoms with Crippen LogP contribution in [0.2, 0.25) is 0 Å². The lowest BCUT2D eigenvalue weighted by molar-refractivity contribution is -0.112. The Morgan fingerprint density at radius 2 is 2.00 bits per heavy atom. The van der Waals surface area contributed by atoms with Crippen LogP contribution in [0.5, 0.6) is 0 Å². The lowest BCUT2D eigenvalue weighted by Crippen LogP contribution is -2.39. The van der Waals surface area contributed by atoms with Crippen molar-refractivity contribution in [3.63, 3.8) is 0 Å². The average Bonchev–Trinajstić information content (AvgIpc) is 2.87. The lowest BCUT2D eigenvalue weighted by Gasteiger charge is -2.37. The third kappa shape index (κ3) is 2.25. The molecule has 1 saturated carbocycles. The molecule has 1 unspecified atom stereocenters. The van der Waals surface area contributed by atoms with Crippen molar-refractivity contribution in [2.45, 2.75) is 51.2 Å². The summed E-state index contributed by atoms with van der Waals surface area (Å²) in [6.45, 7) is 4.18. The van der Waals surface area contributed by atoms with Crippen molar-refractivity contribution in [2.75, 3.05) is 0 Å². The average molecular weight is 274 g/mol. The minimum absolute atomic E-state index is 0.478. The van der Waals surface area contributed by atoms with E-state index in [1.807, 2.05) is 31.2 Å². The molecule has 3 heteroatoms. The van der Waals surface area contributed by atoms with Crippen molar-refractivity contribution >= 4 is 11.0 Å². The number of fused-ring (bicyclic) bond motifs is 1. The molecule has 20 heavy (non-hydrogen) atoms. The maximum Gasteiger partial charge on any atom is 0.140 e. The van der Waals surface area contributed by atoms with Crippen LogP contribution in [0.4, 0.5) is 0 Å². The number of aliphatic hydroxyl groups is 2. The molecule has 0 saturated heterocycles. The zero-order chi connectivity index (χ0) is 14.3. The number of benzene rings is 1. The van der Waals surface area contributed by atoms with Gasteiger partial charge in [-0.05, 0) is 50.2 Å². The molecule has 0 aliphatic heterocycles. The number of aryl methyl sites for hydroxylation is 1.